The van der Waals surface area contributed by atoms with E-state index in [0.717, 1.165) is 12.0 Å². The van der Waals surface area contributed by atoms with E-state index in [1.54, 1.807) is 41.9 Å². The van der Waals surface area contributed by atoms with Gasteiger partial charge in [0.05, 0.1) is 12.4 Å². The van der Waals surface area contributed by atoms with Crippen molar-refractivity contribution < 1.29 is 8.42 Å². The van der Waals surface area contributed by atoms with E-state index in [2.05, 4.69) is 14.9 Å². The van der Waals surface area contributed by atoms with Gasteiger partial charge in [0, 0.05) is 37.6 Å². The van der Waals surface area contributed by atoms with Gasteiger partial charge in [0.15, 0.2) is 0 Å². The van der Waals surface area contributed by atoms with Crippen LogP contribution in [-0.4, -0.2) is 28.0 Å². The molecule has 0 saturated heterocycles. The minimum atomic E-state index is -3.57. The molecule has 20 heavy (non-hydrogen) atoms. The summed E-state index contributed by atoms with van der Waals surface area (Å²) in [5.41, 5.74) is 0.817. The number of rotatable bonds is 6. The summed E-state index contributed by atoms with van der Waals surface area (Å²) in [6, 6.07) is -0.344. The molecule has 0 aliphatic carbocycles. The fourth-order valence-corrected chi connectivity index (χ4v) is 3.05. The molecule has 0 radical (unpaired) electrons. The molecule has 0 amide bonds. The highest BCUT2D eigenvalue weighted by Gasteiger charge is 2.20. The third kappa shape index (κ3) is 3.26. The number of hydrogen-bond donors (Lipinski definition) is 1. The molecular formula is C12H19N5O2S. The van der Waals surface area contributed by atoms with Gasteiger partial charge in [-0.05, 0) is 13.3 Å². The maximum Gasteiger partial charge on any atom is 0.244 e. The van der Waals surface area contributed by atoms with Crippen LogP contribution in [-0.2, 0) is 23.6 Å². The van der Waals surface area contributed by atoms with Crippen LogP contribution in [0.4, 0.5) is 0 Å². The van der Waals surface area contributed by atoms with Crippen LogP contribution in [0.15, 0.2) is 29.7 Å². The summed E-state index contributed by atoms with van der Waals surface area (Å²) in [6.07, 6.45) is 7.25. The summed E-state index contributed by atoms with van der Waals surface area (Å²) < 4.78 is 30.4. The average Bonchev–Trinajstić information content (AvgIpc) is 2.98. The van der Waals surface area contributed by atoms with E-state index in [-0.39, 0.29) is 10.9 Å². The second kappa shape index (κ2) is 5.76. The predicted molar refractivity (Wildman–Crippen MR) is 74.5 cm³/mol. The lowest BCUT2D eigenvalue weighted by Gasteiger charge is -2.11. The van der Waals surface area contributed by atoms with Crippen LogP contribution in [0.2, 0.25) is 0 Å². The zero-order chi connectivity index (χ0) is 14.8. The van der Waals surface area contributed by atoms with Crippen molar-refractivity contribution in [1.29, 1.82) is 0 Å². The second-order valence-electron chi connectivity index (χ2n) is 4.73. The number of sulfonamides is 1. The van der Waals surface area contributed by atoms with Crippen molar-refractivity contribution >= 4 is 10.0 Å². The Labute approximate surface area is 118 Å². The van der Waals surface area contributed by atoms with Crippen LogP contribution in [0.3, 0.4) is 0 Å². The van der Waals surface area contributed by atoms with Crippen molar-refractivity contribution in [3.05, 3.63) is 30.4 Å². The molecule has 7 nitrogen and oxygen atoms in total. The van der Waals surface area contributed by atoms with Gasteiger partial charge >= 0.3 is 0 Å². The van der Waals surface area contributed by atoms with E-state index < -0.39 is 10.0 Å². The maximum absolute atomic E-state index is 12.2. The van der Waals surface area contributed by atoms with Crippen molar-refractivity contribution in [2.75, 3.05) is 0 Å². The molecule has 8 heteroatoms. The van der Waals surface area contributed by atoms with Gasteiger partial charge in [0.25, 0.3) is 0 Å². The van der Waals surface area contributed by atoms with Gasteiger partial charge in [0.1, 0.15) is 4.90 Å². The average molecular weight is 297 g/mol. The van der Waals surface area contributed by atoms with E-state index in [0.29, 0.717) is 6.54 Å². The lowest BCUT2D eigenvalue weighted by atomic mass is 10.2. The van der Waals surface area contributed by atoms with Crippen molar-refractivity contribution in [2.45, 2.75) is 37.8 Å². The predicted octanol–water partition coefficient (Wildman–Crippen LogP) is 1.07. The number of aryl methyl sites for hydroxylation is 2. The Bertz CT molecular complexity index is 674. The first kappa shape index (κ1) is 14.7. The molecular weight excluding hydrogens is 278 g/mol. The standard InChI is InChI=1S/C12H19N5O2S/c1-4-5-17-9-12(7-14-17)20(18,19)15-10(2)11-6-13-16(3)8-11/h6-10,15H,4-5H2,1-3H3. The van der Waals surface area contributed by atoms with Crippen LogP contribution < -0.4 is 4.72 Å². The molecule has 2 aromatic rings. The SMILES string of the molecule is CCCn1cc(S(=O)(=O)NC(C)c2cnn(C)c2)cn1. The summed E-state index contributed by atoms with van der Waals surface area (Å²) in [5.74, 6) is 0. The molecule has 0 aliphatic heterocycles. The van der Waals surface area contributed by atoms with Crippen molar-refractivity contribution in [1.82, 2.24) is 24.3 Å². The molecule has 2 heterocycles. The summed E-state index contributed by atoms with van der Waals surface area (Å²) in [4.78, 5) is 0.182. The molecule has 110 valence electrons. The number of nitrogens with one attached hydrogen (secondary N) is 1. The van der Waals surface area contributed by atoms with E-state index in [1.807, 2.05) is 6.92 Å². The topological polar surface area (TPSA) is 81.8 Å². The number of aromatic nitrogens is 4. The molecule has 0 bridgehead atoms. The third-order valence-electron chi connectivity index (χ3n) is 2.93. The maximum atomic E-state index is 12.2. The molecule has 0 spiro atoms. The van der Waals surface area contributed by atoms with E-state index in [1.165, 1.54) is 6.20 Å². The van der Waals surface area contributed by atoms with Crippen LogP contribution in [0, 0.1) is 0 Å². The highest BCUT2D eigenvalue weighted by atomic mass is 32.2. The molecule has 2 aromatic heterocycles. The van der Waals surface area contributed by atoms with Crippen LogP contribution in [0.5, 0.6) is 0 Å². The van der Waals surface area contributed by atoms with Crippen molar-refractivity contribution in [3.63, 3.8) is 0 Å². The third-order valence-corrected chi connectivity index (χ3v) is 4.42. The lowest BCUT2D eigenvalue weighted by Crippen LogP contribution is -2.26. The Kier molecular flexibility index (Phi) is 4.24. The first-order chi connectivity index (χ1) is 9.42. The molecule has 0 aliphatic rings. The summed E-state index contributed by atoms with van der Waals surface area (Å²) >= 11 is 0. The second-order valence-corrected chi connectivity index (χ2v) is 6.44. The fourth-order valence-electron chi connectivity index (χ4n) is 1.87. The van der Waals surface area contributed by atoms with Crippen LogP contribution in [0.25, 0.3) is 0 Å². The minimum absolute atomic E-state index is 0.182. The van der Waals surface area contributed by atoms with Gasteiger partial charge in [0.2, 0.25) is 10.0 Å². The largest absolute Gasteiger partial charge is 0.275 e. The first-order valence-corrected chi connectivity index (χ1v) is 7.94. The van der Waals surface area contributed by atoms with Crippen molar-refractivity contribution in [2.24, 2.45) is 7.05 Å². The molecule has 2 rings (SSSR count). The Hall–Kier alpha value is -1.67. The Morgan fingerprint density at radius 2 is 2.05 bits per heavy atom. The Balaban J connectivity index is 2.13. The summed E-state index contributed by atoms with van der Waals surface area (Å²) in [5, 5.41) is 8.07. The number of hydrogen-bond acceptors (Lipinski definition) is 4. The fraction of sp³-hybridized carbons (Fsp3) is 0.500. The summed E-state index contributed by atoms with van der Waals surface area (Å²) in [6.45, 7) is 4.50. The molecule has 0 fully saturated rings. The normalized spacial score (nSPS) is 13.6. The Morgan fingerprint density at radius 3 is 2.65 bits per heavy atom. The van der Waals surface area contributed by atoms with Gasteiger partial charge < -0.3 is 0 Å². The summed E-state index contributed by atoms with van der Waals surface area (Å²) in [7, 11) is -1.78. The molecule has 0 aromatic carbocycles. The highest BCUT2D eigenvalue weighted by molar-refractivity contribution is 7.89. The monoisotopic (exact) mass is 297 g/mol. The highest BCUT2D eigenvalue weighted by Crippen LogP contribution is 2.15. The van der Waals surface area contributed by atoms with Crippen molar-refractivity contribution in [3.8, 4) is 0 Å². The van der Waals surface area contributed by atoms with E-state index >= 15 is 0 Å². The zero-order valence-corrected chi connectivity index (χ0v) is 12.6. The van der Waals surface area contributed by atoms with Crippen LogP contribution in [0.1, 0.15) is 31.9 Å². The van der Waals surface area contributed by atoms with Crippen LogP contribution >= 0.6 is 0 Å². The smallest absolute Gasteiger partial charge is 0.244 e. The number of nitrogens with zero attached hydrogens (tertiary/aromatic N) is 4. The van der Waals surface area contributed by atoms with E-state index in [4.69, 9.17) is 0 Å². The molecule has 1 N–H and O–H groups in total. The van der Waals surface area contributed by atoms with E-state index in [9.17, 15) is 8.42 Å². The van der Waals surface area contributed by atoms with Gasteiger partial charge in [-0.25, -0.2) is 13.1 Å². The molecule has 1 unspecified atom stereocenters. The van der Waals surface area contributed by atoms with Gasteiger partial charge in [-0.15, -0.1) is 0 Å². The Morgan fingerprint density at radius 1 is 1.30 bits per heavy atom. The molecule has 1 atom stereocenters. The van der Waals surface area contributed by atoms with Gasteiger partial charge in [-0.2, -0.15) is 10.2 Å². The lowest BCUT2D eigenvalue weighted by molar-refractivity contribution is 0.565. The molecule has 0 saturated carbocycles. The van der Waals surface area contributed by atoms with Gasteiger partial charge in [-0.3, -0.25) is 9.36 Å². The first-order valence-electron chi connectivity index (χ1n) is 6.45. The minimum Gasteiger partial charge on any atom is -0.275 e. The quantitative estimate of drug-likeness (QED) is 0.864. The van der Waals surface area contributed by atoms with Gasteiger partial charge in [-0.1, -0.05) is 6.92 Å². The zero-order valence-electron chi connectivity index (χ0n) is 11.8.